The smallest absolute Gasteiger partial charge is 0.224 e. The van der Waals surface area contributed by atoms with Crippen LogP contribution >= 0.6 is 0 Å². The third-order valence-corrected chi connectivity index (χ3v) is 5.04. The summed E-state index contributed by atoms with van der Waals surface area (Å²) < 4.78 is 0. The van der Waals surface area contributed by atoms with Crippen molar-refractivity contribution >= 4 is 5.91 Å². The standard InChI is InChI=1S/C17H24N2O/c1-12-3-5-14(6-4-12)13(2)19-16(20)15-11-17(15)7-9-18-10-8-17/h3-6,13,15,18H,7-11H2,1-2H3,(H,19,20). The molecule has 2 unspecified atom stereocenters. The number of rotatable bonds is 3. The van der Waals surface area contributed by atoms with Crippen molar-refractivity contribution in [2.75, 3.05) is 13.1 Å². The number of aryl methyl sites for hydroxylation is 1. The summed E-state index contributed by atoms with van der Waals surface area (Å²) >= 11 is 0. The molecular weight excluding hydrogens is 248 g/mol. The van der Waals surface area contributed by atoms with Gasteiger partial charge in [-0.25, -0.2) is 0 Å². The topological polar surface area (TPSA) is 41.1 Å². The van der Waals surface area contributed by atoms with Crippen LogP contribution in [-0.4, -0.2) is 19.0 Å². The zero-order chi connectivity index (χ0) is 14.2. The van der Waals surface area contributed by atoms with Gasteiger partial charge < -0.3 is 10.6 Å². The Hall–Kier alpha value is -1.35. The van der Waals surface area contributed by atoms with E-state index in [0.29, 0.717) is 5.41 Å². The van der Waals surface area contributed by atoms with E-state index in [-0.39, 0.29) is 17.9 Å². The summed E-state index contributed by atoms with van der Waals surface area (Å²) in [5.41, 5.74) is 2.76. The van der Waals surface area contributed by atoms with E-state index in [4.69, 9.17) is 0 Å². The fraction of sp³-hybridized carbons (Fsp3) is 0.588. The zero-order valence-electron chi connectivity index (χ0n) is 12.4. The second-order valence-corrected chi connectivity index (χ2v) is 6.51. The number of carbonyl (C=O) groups excluding carboxylic acids is 1. The van der Waals surface area contributed by atoms with Crippen molar-refractivity contribution in [2.45, 2.75) is 39.2 Å². The molecule has 2 aliphatic rings. The van der Waals surface area contributed by atoms with Gasteiger partial charge in [-0.15, -0.1) is 0 Å². The summed E-state index contributed by atoms with van der Waals surface area (Å²) in [7, 11) is 0. The molecule has 3 heteroatoms. The average Bonchev–Trinajstić information content (AvgIpc) is 3.14. The zero-order valence-corrected chi connectivity index (χ0v) is 12.4. The monoisotopic (exact) mass is 272 g/mol. The molecular formula is C17H24N2O. The fourth-order valence-corrected chi connectivity index (χ4v) is 3.45. The highest BCUT2D eigenvalue weighted by Crippen LogP contribution is 2.58. The Labute approximate surface area is 121 Å². The van der Waals surface area contributed by atoms with Gasteiger partial charge in [0.05, 0.1) is 6.04 Å². The Morgan fingerprint density at radius 3 is 2.60 bits per heavy atom. The molecule has 1 saturated carbocycles. The first-order valence-corrected chi connectivity index (χ1v) is 7.68. The highest BCUT2D eigenvalue weighted by atomic mass is 16.2. The van der Waals surface area contributed by atoms with Crippen LogP contribution in [0.1, 0.15) is 43.4 Å². The molecule has 2 fully saturated rings. The molecule has 1 saturated heterocycles. The molecule has 0 aromatic heterocycles. The predicted octanol–water partition coefficient (Wildman–Crippen LogP) is 2.56. The van der Waals surface area contributed by atoms with Gasteiger partial charge in [0.1, 0.15) is 0 Å². The molecule has 108 valence electrons. The molecule has 2 N–H and O–H groups in total. The lowest BCUT2D eigenvalue weighted by atomic mass is 9.91. The van der Waals surface area contributed by atoms with Crippen molar-refractivity contribution in [3.63, 3.8) is 0 Å². The van der Waals surface area contributed by atoms with Gasteiger partial charge in [0.25, 0.3) is 0 Å². The normalized spacial score (nSPS) is 25.2. The van der Waals surface area contributed by atoms with E-state index in [9.17, 15) is 4.79 Å². The Morgan fingerprint density at radius 1 is 1.30 bits per heavy atom. The summed E-state index contributed by atoms with van der Waals surface area (Å²) in [5, 5.41) is 6.57. The molecule has 1 spiro atoms. The van der Waals surface area contributed by atoms with Crippen molar-refractivity contribution in [1.29, 1.82) is 0 Å². The van der Waals surface area contributed by atoms with Crippen LogP contribution < -0.4 is 10.6 Å². The SMILES string of the molecule is Cc1ccc(C(C)NC(=O)C2CC23CCNCC3)cc1. The van der Waals surface area contributed by atoms with Crippen LogP contribution in [0.25, 0.3) is 0 Å². The van der Waals surface area contributed by atoms with E-state index < -0.39 is 0 Å². The molecule has 1 aliphatic carbocycles. The summed E-state index contributed by atoms with van der Waals surface area (Å²) in [6.45, 7) is 6.28. The minimum absolute atomic E-state index is 0.0995. The number of hydrogen-bond donors (Lipinski definition) is 2. The summed E-state index contributed by atoms with van der Waals surface area (Å²) in [5.74, 6) is 0.498. The maximum atomic E-state index is 12.4. The van der Waals surface area contributed by atoms with Crippen LogP contribution in [0.2, 0.25) is 0 Å². The second-order valence-electron chi connectivity index (χ2n) is 6.51. The van der Waals surface area contributed by atoms with E-state index in [1.165, 1.54) is 11.1 Å². The van der Waals surface area contributed by atoms with E-state index >= 15 is 0 Å². The lowest BCUT2D eigenvalue weighted by Gasteiger charge is -2.23. The Bertz CT molecular complexity index is 488. The van der Waals surface area contributed by atoms with E-state index in [2.05, 4.69) is 48.7 Å². The molecule has 1 heterocycles. The van der Waals surface area contributed by atoms with Gasteiger partial charge >= 0.3 is 0 Å². The second kappa shape index (κ2) is 5.21. The van der Waals surface area contributed by atoms with E-state index in [1.807, 2.05) is 0 Å². The van der Waals surface area contributed by atoms with Crippen molar-refractivity contribution in [2.24, 2.45) is 11.3 Å². The summed E-state index contributed by atoms with van der Waals surface area (Å²) in [6, 6.07) is 8.51. The van der Waals surface area contributed by atoms with Crippen LogP contribution in [0, 0.1) is 18.3 Å². The molecule has 1 amide bonds. The van der Waals surface area contributed by atoms with Crippen LogP contribution in [0.5, 0.6) is 0 Å². The van der Waals surface area contributed by atoms with Crippen molar-refractivity contribution in [1.82, 2.24) is 10.6 Å². The van der Waals surface area contributed by atoms with Crippen molar-refractivity contribution in [3.8, 4) is 0 Å². The Kier molecular flexibility index (Phi) is 3.55. The molecule has 2 atom stereocenters. The molecule has 20 heavy (non-hydrogen) atoms. The number of carbonyl (C=O) groups is 1. The number of piperidine rings is 1. The van der Waals surface area contributed by atoms with Crippen LogP contribution in [0.15, 0.2) is 24.3 Å². The lowest BCUT2D eigenvalue weighted by Crippen LogP contribution is -2.34. The van der Waals surface area contributed by atoms with Crippen LogP contribution in [0.4, 0.5) is 0 Å². The molecule has 0 radical (unpaired) electrons. The van der Waals surface area contributed by atoms with Gasteiger partial charge in [0.15, 0.2) is 0 Å². The lowest BCUT2D eigenvalue weighted by molar-refractivity contribution is -0.123. The minimum Gasteiger partial charge on any atom is -0.349 e. The van der Waals surface area contributed by atoms with Gasteiger partial charge in [-0.05, 0) is 57.2 Å². The van der Waals surface area contributed by atoms with Gasteiger partial charge in [0.2, 0.25) is 5.91 Å². The number of nitrogens with one attached hydrogen (secondary N) is 2. The first kappa shape index (κ1) is 13.6. The molecule has 1 aromatic rings. The van der Waals surface area contributed by atoms with E-state index in [1.54, 1.807) is 0 Å². The Morgan fingerprint density at radius 2 is 1.95 bits per heavy atom. The molecule has 3 nitrogen and oxygen atoms in total. The van der Waals surface area contributed by atoms with Crippen LogP contribution in [-0.2, 0) is 4.79 Å². The van der Waals surface area contributed by atoms with Gasteiger partial charge in [-0.1, -0.05) is 29.8 Å². The van der Waals surface area contributed by atoms with Gasteiger partial charge in [-0.2, -0.15) is 0 Å². The highest BCUT2D eigenvalue weighted by molar-refractivity contribution is 5.83. The number of amides is 1. The summed E-state index contributed by atoms with van der Waals surface area (Å²) in [6.07, 6.45) is 3.40. The third kappa shape index (κ3) is 2.59. The molecule has 1 aromatic carbocycles. The molecule has 3 rings (SSSR count). The number of hydrogen-bond acceptors (Lipinski definition) is 2. The van der Waals surface area contributed by atoms with Crippen molar-refractivity contribution in [3.05, 3.63) is 35.4 Å². The third-order valence-electron chi connectivity index (χ3n) is 5.04. The van der Waals surface area contributed by atoms with Crippen molar-refractivity contribution < 1.29 is 4.79 Å². The summed E-state index contributed by atoms with van der Waals surface area (Å²) in [4.78, 5) is 12.4. The first-order valence-electron chi connectivity index (χ1n) is 7.68. The van der Waals surface area contributed by atoms with Gasteiger partial charge in [0, 0.05) is 5.92 Å². The van der Waals surface area contributed by atoms with E-state index in [0.717, 1.165) is 32.4 Å². The predicted molar refractivity (Wildman–Crippen MR) is 80.4 cm³/mol. The Balaban J connectivity index is 1.58. The minimum atomic E-state index is 0.0995. The molecule has 1 aliphatic heterocycles. The first-order chi connectivity index (χ1) is 9.61. The largest absolute Gasteiger partial charge is 0.349 e. The van der Waals surface area contributed by atoms with Crippen LogP contribution in [0.3, 0.4) is 0 Å². The average molecular weight is 272 g/mol. The quantitative estimate of drug-likeness (QED) is 0.888. The maximum absolute atomic E-state index is 12.4. The maximum Gasteiger partial charge on any atom is 0.224 e. The fourth-order valence-electron chi connectivity index (χ4n) is 3.45. The van der Waals surface area contributed by atoms with Gasteiger partial charge in [-0.3, -0.25) is 4.79 Å². The highest BCUT2D eigenvalue weighted by Gasteiger charge is 2.57. The number of benzene rings is 1. The molecule has 0 bridgehead atoms.